The molecule has 0 unspecified atom stereocenters. The Morgan fingerprint density at radius 1 is 1.30 bits per heavy atom. The zero-order chi connectivity index (χ0) is 16.7. The van der Waals surface area contributed by atoms with E-state index in [1.807, 2.05) is 24.3 Å². The summed E-state index contributed by atoms with van der Waals surface area (Å²) in [4.78, 5) is 14.3. The van der Waals surface area contributed by atoms with Crippen LogP contribution in [-0.2, 0) is 9.53 Å². The minimum Gasteiger partial charge on any atom is -0.468 e. The Morgan fingerprint density at radius 3 is 2.57 bits per heavy atom. The van der Waals surface area contributed by atoms with Crippen LogP contribution >= 0.6 is 23.8 Å². The molecule has 1 aromatic rings. The number of hydrogen-bond acceptors (Lipinski definition) is 4. The van der Waals surface area contributed by atoms with Crippen LogP contribution in [0.2, 0.25) is 5.02 Å². The molecule has 1 fully saturated rings. The van der Waals surface area contributed by atoms with Gasteiger partial charge in [0.2, 0.25) is 0 Å². The van der Waals surface area contributed by atoms with Gasteiger partial charge in [0.25, 0.3) is 0 Å². The number of likely N-dealkylation sites (tertiary alicyclic amines) is 1. The topological polar surface area (TPSA) is 41.6 Å². The number of ether oxygens (including phenoxy) is 1. The predicted molar refractivity (Wildman–Crippen MR) is 97.5 cm³/mol. The molecule has 0 aliphatic carbocycles. The monoisotopic (exact) mass is 352 g/mol. The maximum absolute atomic E-state index is 11.3. The fourth-order valence-corrected chi connectivity index (χ4v) is 2.96. The molecule has 0 amide bonds. The lowest BCUT2D eigenvalue weighted by molar-refractivity contribution is -0.139. The lowest BCUT2D eigenvalue weighted by Crippen LogP contribution is -2.35. The highest BCUT2D eigenvalue weighted by molar-refractivity contribution is 7.81. The summed E-state index contributed by atoms with van der Waals surface area (Å²) in [5.74, 6) is -0.319. The minimum absolute atomic E-state index is 0.107. The molecule has 23 heavy (non-hydrogen) atoms. The standard InChI is InChI=1S/C17H21ClN2O2S/c1-22-16(21)12-19-11-15(13-5-7-14(18)8-6-13)17(23)20-9-3-2-4-10-20/h5-8,11,19H,2-4,9-10,12H2,1H3/b15-11+. The van der Waals surface area contributed by atoms with Gasteiger partial charge < -0.3 is 15.0 Å². The third-order valence-corrected chi connectivity index (χ3v) is 4.48. The van der Waals surface area contributed by atoms with Crippen LogP contribution in [0.5, 0.6) is 0 Å². The summed E-state index contributed by atoms with van der Waals surface area (Å²) in [7, 11) is 1.37. The summed E-state index contributed by atoms with van der Waals surface area (Å²) >= 11 is 11.7. The molecule has 0 aromatic heterocycles. The first kappa shape index (κ1) is 17.8. The van der Waals surface area contributed by atoms with Crippen molar-refractivity contribution in [1.82, 2.24) is 10.2 Å². The molecule has 1 aromatic carbocycles. The quantitative estimate of drug-likeness (QED) is 0.500. The van der Waals surface area contributed by atoms with Gasteiger partial charge >= 0.3 is 5.97 Å². The van der Waals surface area contributed by atoms with E-state index in [1.54, 1.807) is 6.20 Å². The van der Waals surface area contributed by atoms with Crippen molar-refractivity contribution in [3.8, 4) is 0 Å². The second-order valence-electron chi connectivity index (χ2n) is 5.37. The molecule has 1 heterocycles. The number of carbonyl (C=O) groups excluding carboxylic acids is 1. The van der Waals surface area contributed by atoms with E-state index in [1.165, 1.54) is 13.5 Å². The molecule has 4 nitrogen and oxygen atoms in total. The van der Waals surface area contributed by atoms with Crippen molar-refractivity contribution in [3.63, 3.8) is 0 Å². The molecule has 1 saturated heterocycles. The summed E-state index contributed by atoms with van der Waals surface area (Å²) in [6.07, 6.45) is 5.35. The van der Waals surface area contributed by atoms with Crippen LogP contribution in [0.25, 0.3) is 5.57 Å². The van der Waals surface area contributed by atoms with Crippen molar-refractivity contribution in [2.75, 3.05) is 26.7 Å². The van der Waals surface area contributed by atoms with Gasteiger partial charge in [-0.2, -0.15) is 0 Å². The van der Waals surface area contributed by atoms with E-state index in [-0.39, 0.29) is 12.5 Å². The molecule has 0 radical (unpaired) electrons. The fourth-order valence-electron chi connectivity index (χ4n) is 2.47. The van der Waals surface area contributed by atoms with Crippen LogP contribution < -0.4 is 5.32 Å². The van der Waals surface area contributed by atoms with Gasteiger partial charge in [0.05, 0.1) is 7.11 Å². The van der Waals surface area contributed by atoms with Crippen LogP contribution in [0.4, 0.5) is 0 Å². The Morgan fingerprint density at radius 2 is 1.96 bits per heavy atom. The summed E-state index contributed by atoms with van der Waals surface area (Å²) in [6, 6.07) is 7.54. The Hall–Kier alpha value is -1.59. The van der Waals surface area contributed by atoms with E-state index in [0.717, 1.165) is 42.1 Å². The highest BCUT2D eigenvalue weighted by atomic mass is 35.5. The highest BCUT2D eigenvalue weighted by Gasteiger charge is 2.18. The predicted octanol–water partition coefficient (Wildman–Crippen LogP) is 3.26. The zero-order valence-electron chi connectivity index (χ0n) is 13.2. The number of esters is 1. The average molecular weight is 353 g/mol. The molecule has 1 N–H and O–H groups in total. The number of methoxy groups -OCH3 is 1. The number of benzene rings is 1. The first-order chi connectivity index (χ1) is 11.1. The number of hydrogen-bond donors (Lipinski definition) is 1. The van der Waals surface area contributed by atoms with Gasteiger partial charge in [0.15, 0.2) is 0 Å². The number of piperidine rings is 1. The minimum atomic E-state index is -0.319. The molecule has 2 rings (SSSR count). The second-order valence-corrected chi connectivity index (χ2v) is 6.20. The lowest BCUT2D eigenvalue weighted by atomic mass is 10.0. The van der Waals surface area contributed by atoms with Crippen LogP contribution in [0.3, 0.4) is 0 Å². The number of halogens is 1. The molecule has 124 valence electrons. The normalized spacial score (nSPS) is 15.2. The third kappa shape index (κ3) is 5.22. The molecule has 0 bridgehead atoms. The molecule has 1 aliphatic rings. The third-order valence-electron chi connectivity index (χ3n) is 3.75. The molecular weight excluding hydrogens is 332 g/mol. The Bertz CT molecular complexity index is 581. The van der Waals surface area contributed by atoms with Gasteiger partial charge in [-0.1, -0.05) is 36.0 Å². The number of carbonyl (C=O) groups is 1. The van der Waals surface area contributed by atoms with E-state index in [2.05, 4.69) is 15.0 Å². The van der Waals surface area contributed by atoms with Gasteiger partial charge in [-0.05, 0) is 37.0 Å². The largest absolute Gasteiger partial charge is 0.468 e. The number of rotatable bonds is 5. The molecule has 0 atom stereocenters. The molecule has 0 saturated carbocycles. The van der Waals surface area contributed by atoms with E-state index in [9.17, 15) is 4.79 Å². The molecular formula is C17H21ClN2O2S. The number of nitrogens with zero attached hydrogens (tertiary/aromatic N) is 1. The molecule has 6 heteroatoms. The number of nitrogens with one attached hydrogen (secondary N) is 1. The van der Waals surface area contributed by atoms with Crippen LogP contribution in [0.15, 0.2) is 30.5 Å². The first-order valence-electron chi connectivity index (χ1n) is 7.67. The van der Waals surface area contributed by atoms with Gasteiger partial charge in [-0.25, -0.2) is 0 Å². The molecule has 0 spiro atoms. The van der Waals surface area contributed by atoms with Crippen molar-refractivity contribution < 1.29 is 9.53 Å². The summed E-state index contributed by atoms with van der Waals surface area (Å²) in [5, 5.41) is 3.67. The van der Waals surface area contributed by atoms with Crippen LogP contribution in [0.1, 0.15) is 24.8 Å². The number of thiocarbonyl (C=S) groups is 1. The highest BCUT2D eigenvalue weighted by Crippen LogP contribution is 2.22. The van der Waals surface area contributed by atoms with Crippen molar-refractivity contribution in [3.05, 3.63) is 41.1 Å². The van der Waals surface area contributed by atoms with E-state index in [4.69, 9.17) is 23.8 Å². The van der Waals surface area contributed by atoms with E-state index in [0.29, 0.717) is 5.02 Å². The first-order valence-corrected chi connectivity index (χ1v) is 8.46. The molecule has 1 aliphatic heterocycles. The summed E-state index contributed by atoms with van der Waals surface area (Å²) in [5.41, 5.74) is 1.87. The summed E-state index contributed by atoms with van der Waals surface area (Å²) in [6.45, 7) is 2.05. The second kappa shape index (κ2) is 8.89. The summed E-state index contributed by atoms with van der Waals surface area (Å²) < 4.78 is 4.64. The Kier molecular flexibility index (Phi) is 6.86. The SMILES string of the molecule is COC(=O)CN/C=C(/C(=S)N1CCCCC1)c1ccc(Cl)cc1. The van der Waals surface area contributed by atoms with Crippen molar-refractivity contribution >= 4 is 40.3 Å². The van der Waals surface area contributed by atoms with Gasteiger partial charge in [0, 0.05) is 29.9 Å². The van der Waals surface area contributed by atoms with E-state index < -0.39 is 0 Å². The smallest absolute Gasteiger partial charge is 0.325 e. The zero-order valence-corrected chi connectivity index (χ0v) is 14.8. The van der Waals surface area contributed by atoms with Gasteiger partial charge in [0.1, 0.15) is 11.5 Å². The maximum atomic E-state index is 11.3. The van der Waals surface area contributed by atoms with Crippen LogP contribution in [-0.4, -0.2) is 42.6 Å². The van der Waals surface area contributed by atoms with Gasteiger partial charge in [-0.3, -0.25) is 4.79 Å². The van der Waals surface area contributed by atoms with Crippen LogP contribution in [0, 0.1) is 0 Å². The maximum Gasteiger partial charge on any atom is 0.325 e. The Labute approximate surface area is 147 Å². The van der Waals surface area contributed by atoms with E-state index >= 15 is 0 Å². The lowest BCUT2D eigenvalue weighted by Gasteiger charge is -2.30. The fraction of sp³-hybridized carbons (Fsp3) is 0.412. The van der Waals surface area contributed by atoms with Crippen molar-refractivity contribution in [2.45, 2.75) is 19.3 Å². The van der Waals surface area contributed by atoms with Gasteiger partial charge in [-0.15, -0.1) is 0 Å². The average Bonchev–Trinajstić information content (AvgIpc) is 2.60. The van der Waals surface area contributed by atoms with Crippen molar-refractivity contribution in [1.29, 1.82) is 0 Å². The van der Waals surface area contributed by atoms with Crippen molar-refractivity contribution in [2.24, 2.45) is 0 Å². The Balaban J connectivity index is 2.19.